The summed E-state index contributed by atoms with van der Waals surface area (Å²) < 4.78 is 0. The number of aliphatic hydroxyl groups excluding tert-OH is 1. The van der Waals surface area contributed by atoms with Gasteiger partial charge in [-0.05, 0) is 25.1 Å². The van der Waals surface area contributed by atoms with E-state index < -0.39 is 24.0 Å². The Kier molecular flexibility index (Phi) is 4.06. The van der Waals surface area contributed by atoms with Crippen LogP contribution in [0.3, 0.4) is 0 Å². The number of carbonyl (C=O) groups excluding carboxylic acids is 2. The van der Waals surface area contributed by atoms with Crippen LogP contribution in [0.1, 0.15) is 17.3 Å². The third-order valence-electron chi connectivity index (χ3n) is 2.22. The van der Waals surface area contributed by atoms with Crippen LogP contribution in [0.25, 0.3) is 0 Å². The molecule has 6 nitrogen and oxygen atoms in total. The molecule has 1 aromatic rings. The van der Waals surface area contributed by atoms with Crippen molar-refractivity contribution in [1.29, 1.82) is 0 Å². The molecule has 0 aliphatic carbocycles. The van der Waals surface area contributed by atoms with E-state index in [4.69, 9.17) is 11.5 Å². The van der Waals surface area contributed by atoms with E-state index in [1.165, 1.54) is 13.0 Å². The highest BCUT2D eigenvalue weighted by Gasteiger charge is 2.23. The highest BCUT2D eigenvalue weighted by atomic mass is 16.3. The molecule has 0 aromatic heterocycles. The Morgan fingerprint density at radius 3 is 2.53 bits per heavy atom. The Hall–Kier alpha value is -2.08. The molecule has 0 spiro atoms. The molecule has 2 unspecified atom stereocenters. The summed E-state index contributed by atoms with van der Waals surface area (Å²) in [6, 6.07) is 5.15. The van der Waals surface area contributed by atoms with Gasteiger partial charge in [0.15, 0.2) is 0 Å². The molecule has 0 saturated carbocycles. The van der Waals surface area contributed by atoms with Crippen LogP contribution in [0.2, 0.25) is 0 Å². The van der Waals surface area contributed by atoms with Crippen LogP contribution in [-0.4, -0.2) is 29.1 Å². The van der Waals surface area contributed by atoms with Gasteiger partial charge in [0.2, 0.25) is 5.91 Å². The first-order valence-electron chi connectivity index (χ1n) is 5.05. The van der Waals surface area contributed by atoms with Crippen LogP contribution in [0.4, 0.5) is 5.69 Å². The maximum atomic E-state index is 11.7. The van der Waals surface area contributed by atoms with Gasteiger partial charge in [0.1, 0.15) is 6.04 Å². The third kappa shape index (κ3) is 3.46. The lowest BCUT2D eigenvalue weighted by Gasteiger charge is -2.18. The van der Waals surface area contributed by atoms with E-state index in [1.54, 1.807) is 18.2 Å². The fourth-order valence-corrected chi connectivity index (χ4v) is 1.33. The van der Waals surface area contributed by atoms with E-state index in [2.05, 4.69) is 5.32 Å². The van der Waals surface area contributed by atoms with Crippen LogP contribution in [0, 0.1) is 0 Å². The van der Waals surface area contributed by atoms with Crippen molar-refractivity contribution >= 4 is 17.5 Å². The zero-order valence-electron chi connectivity index (χ0n) is 9.38. The number of anilines is 1. The zero-order valence-corrected chi connectivity index (χ0v) is 9.38. The smallest absolute Gasteiger partial charge is 0.252 e. The van der Waals surface area contributed by atoms with E-state index in [1.807, 2.05) is 0 Å². The predicted molar refractivity (Wildman–Crippen MR) is 63.0 cm³/mol. The number of hydrogen-bond donors (Lipinski definition) is 4. The van der Waals surface area contributed by atoms with Gasteiger partial charge in [-0.15, -0.1) is 0 Å². The van der Waals surface area contributed by atoms with Gasteiger partial charge in [-0.3, -0.25) is 9.59 Å². The molecular weight excluding hydrogens is 222 g/mol. The number of benzene rings is 1. The Balaban J connectivity index is 2.81. The SMILES string of the molecule is CC(O)C(NC(=O)c1cccc(N)c1)C(N)=O. The van der Waals surface area contributed by atoms with Gasteiger partial charge in [0.25, 0.3) is 5.91 Å². The maximum absolute atomic E-state index is 11.7. The summed E-state index contributed by atoms with van der Waals surface area (Å²) in [7, 11) is 0. The average Bonchev–Trinajstić information content (AvgIpc) is 2.24. The number of rotatable bonds is 4. The second-order valence-electron chi connectivity index (χ2n) is 3.72. The molecule has 6 N–H and O–H groups in total. The van der Waals surface area contributed by atoms with Crippen molar-refractivity contribution in [3.05, 3.63) is 29.8 Å². The summed E-state index contributed by atoms with van der Waals surface area (Å²) in [5.74, 6) is -1.31. The molecule has 2 amide bonds. The first-order valence-corrected chi connectivity index (χ1v) is 5.05. The van der Waals surface area contributed by atoms with Crippen LogP contribution in [0.5, 0.6) is 0 Å². The van der Waals surface area contributed by atoms with E-state index in [-0.39, 0.29) is 0 Å². The van der Waals surface area contributed by atoms with Gasteiger partial charge < -0.3 is 21.9 Å². The van der Waals surface area contributed by atoms with Crippen LogP contribution in [-0.2, 0) is 4.79 Å². The lowest BCUT2D eigenvalue weighted by atomic mass is 10.1. The Morgan fingerprint density at radius 1 is 1.41 bits per heavy atom. The zero-order chi connectivity index (χ0) is 13.0. The standard InChI is InChI=1S/C11H15N3O3/c1-6(15)9(10(13)16)14-11(17)7-3-2-4-8(12)5-7/h2-6,9,15H,12H2,1H3,(H2,13,16)(H,14,17). The van der Waals surface area contributed by atoms with Gasteiger partial charge in [0, 0.05) is 11.3 Å². The largest absolute Gasteiger partial charge is 0.399 e. The Bertz CT molecular complexity index is 432. The molecule has 92 valence electrons. The quantitative estimate of drug-likeness (QED) is 0.514. The highest BCUT2D eigenvalue weighted by Crippen LogP contribution is 2.07. The van der Waals surface area contributed by atoms with Crippen LogP contribution in [0.15, 0.2) is 24.3 Å². The Labute approximate surface area is 98.6 Å². The molecule has 0 heterocycles. The van der Waals surface area contributed by atoms with Gasteiger partial charge >= 0.3 is 0 Å². The summed E-state index contributed by atoms with van der Waals surface area (Å²) in [5, 5.41) is 11.6. The molecule has 6 heteroatoms. The van der Waals surface area contributed by atoms with E-state index in [9.17, 15) is 14.7 Å². The van der Waals surface area contributed by atoms with Crippen molar-refractivity contribution in [1.82, 2.24) is 5.32 Å². The monoisotopic (exact) mass is 237 g/mol. The number of aliphatic hydroxyl groups is 1. The topological polar surface area (TPSA) is 118 Å². The molecule has 0 fully saturated rings. The van der Waals surface area contributed by atoms with Crippen molar-refractivity contribution < 1.29 is 14.7 Å². The number of nitrogen functional groups attached to an aromatic ring is 1. The van der Waals surface area contributed by atoms with E-state index in [0.29, 0.717) is 11.3 Å². The fraction of sp³-hybridized carbons (Fsp3) is 0.273. The number of primary amides is 1. The summed E-state index contributed by atoms with van der Waals surface area (Å²) >= 11 is 0. The van der Waals surface area contributed by atoms with Crippen molar-refractivity contribution in [2.24, 2.45) is 5.73 Å². The molecule has 0 aliphatic rings. The molecule has 0 radical (unpaired) electrons. The van der Waals surface area contributed by atoms with Gasteiger partial charge in [0.05, 0.1) is 6.10 Å². The van der Waals surface area contributed by atoms with E-state index >= 15 is 0 Å². The summed E-state index contributed by atoms with van der Waals surface area (Å²) in [6.45, 7) is 1.37. The summed E-state index contributed by atoms with van der Waals surface area (Å²) in [5.41, 5.74) is 11.3. The predicted octanol–water partition coefficient (Wildman–Crippen LogP) is -0.767. The second kappa shape index (κ2) is 5.31. The van der Waals surface area contributed by atoms with Crippen molar-refractivity contribution in [2.45, 2.75) is 19.1 Å². The molecule has 1 aromatic carbocycles. The second-order valence-corrected chi connectivity index (χ2v) is 3.72. The molecule has 0 aliphatic heterocycles. The fourth-order valence-electron chi connectivity index (χ4n) is 1.33. The normalized spacial score (nSPS) is 13.8. The minimum absolute atomic E-state index is 0.303. The first-order chi connectivity index (χ1) is 7.91. The number of nitrogens with two attached hydrogens (primary N) is 2. The number of hydrogen-bond acceptors (Lipinski definition) is 4. The highest BCUT2D eigenvalue weighted by molar-refractivity contribution is 5.98. The summed E-state index contributed by atoms with van der Waals surface area (Å²) in [4.78, 5) is 22.7. The molecule has 0 bridgehead atoms. The minimum Gasteiger partial charge on any atom is -0.399 e. The van der Waals surface area contributed by atoms with E-state index in [0.717, 1.165) is 0 Å². The van der Waals surface area contributed by atoms with Crippen LogP contribution < -0.4 is 16.8 Å². The van der Waals surface area contributed by atoms with Gasteiger partial charge in [-0.2, -0.15) is 0 Å². The lowest BCUT2D eigenvalue weighted by Crippen LogP contribution is -2.50. The summed E-state index contributed by atoms with van der Waals surface area (Å²) in [6.07, 6.45) is -1.06. The van der Waals surface area contributed by atoms with Gasteiger partial charge in [-0.25, -0.2) is 0 Å². The molecular formula is C11H15N3O3. The number of nitrogens with one attached hydrogen (secondary N) is 1. The van der Waals surface area contributed by atoms with Crippen molar-refractivity contribution in [2.75, 3.05) is 5.73 Å². The average molecular weight is 237 g/mol. The lowest BCUT2D eigenvalue weighted by molar-refractivity contribution is -0.122. The van der Waals surface area contributed by atoms with Gasteiger partial charge in [-0.1, -0.05) is 6.07 Å². The maximum Gasteiger partial charge on any atom is 0.252 e. The molecule has 0 saturated heterocycles. The van der Waals surface area contributed by atoms with Crippen molar-refractivity contribution in [3.63, 3.8) is 0 Å². The van der Waals surface area contributed by atoms with Crippen molar-refractivity contribution in [3.8, 4) is 0 Å². The number of amides is 2. The number of carbonyl (C=O) groups is 2. The first kappa shape index (κ1) is 13.0. The third-order valence-corrected chi connectivity index (χ3v) is 2.22. The minimum atomic E-state index is -1.12. The molecule has 2 atom stereocenters. The van der Waals surface area contributed by atoms with Crippen LogP contribution >= 0.6 is 0 Å². The Morgan fingerprint density at radius 2 is 2.06 bits per heavy atom. The molecule has 17 heavy (non-hydrogen) atoms. The molecule has 1 rings (SSSR count).